The summed E-state index contributed by atoms with van der Waals surface area (Å²) < 4.78 is 0. The second-order valence-corrected chi connectivity index (χ2v) is 11.9. The number of fused-ring (bicyclic) bond motifs is 2. The van der Waals surface area contributed by atoms with Gasteiger partial charge in [0.25, 0.3) is 23.6 Å². The van der Waals surface area contributed by atoms with E-state index in [-0.39, 0.29) is 36.7 Å². The summed E-state index contributed by atoms with van der Waals surface area (Å²) in [5, 5.41) is 3.96. The van der Waals surface area contributed by atoms with Gasteiger partial charge in [0.1, 0.15) is 0 Å². The number of pyridine rings is 2. The van der Waals surface area contributed by atoms with Gasteiger partial charge in [-0.3, -0.25) is 38.9 Å². The van der Waals surface area contributed by atoms with Crippen molar-refractivity contribution in [2.24, 2.45) is 0 Å². The van der Waals surface area contributed by atoms with Crippen LogP contribution < -0.4 is 0 Å². The van der Waals surface area contributed by atoms with Gasteiger partial charge < -0.3 is 0 Å². The lowest BCUT2D eigenvalue weighted by atomic mass is 9.85. The number of nitrogens with zero attached hydrogens (tertiary/aromatic N) is 4. The summed E-state index contributed by atoms with van der Waals surface area (Å²) in [7, 11) is 0. The van der Waals surface area contributed by atoms with Gasteiger partial charge in [-0.25, -0.2) is 0 Å². The number of hydrogen-bond acceptors (Lipinski definition) is 6. The number of benzene rings is 5. The normalized spacial score (nSPS) is 14.5. The van der Waals surface area contributed by atoms with Gasteiger partial charge in [0, 0.05) is 68.9 Å². The fourth-order valence-corrected chi connectivity index (χ4v) is 7.20. The van der Waals surface area contributed by atoms with Crippen molar-refractivity contribution < 1.29 is 19.2 Å². The Labute approximate surface area is 262 Å². The lowest BCUT2D eigenvalue weighted by Gasteiger charge is -2.29. The van der Waals surface area contributed by atoms with E-state index in [0.717, 1.165) is 27.3 Å². The van der Waals surface area contributed by atoms with Crippen LogP contribution in [0.2, 0.25) is 0 Å². The molecule has 220 valence electrons. The highest BCUT2D eigenvalue weighted by atomic mass is 16.2. The summed E-state index contributed by atoms with van der Waals surface area (Å²) in [6.07, 6.45) is 4.17. The summed E-state index contributed by atoms with van der Waals surface area (Å²) in [6.45, 7) is 0.511. The molecule has 0 radical (unpaired) electrons. The zero-order chi connectivity index (χ0) is 31.1. The molecule has 4 amide bonds. The Bertz CT molecular complexity index is 2160. The standard InChI is InChI=1S/C38H24N4O4/c43-35-25-13-11-23-29-24(12-14-26(30(25)29)36(44)41(35)17-15-21-7-3-1-4-8-21)34-32-31-27(19-39-33(23)32)37(45)42(38(46)28(31)20-40-34)18-16-22-9-5-2-6-10-22/h1-14,19-20H,15-18H2. The van der Waals surface area contributed by atoms with E-state index in [1.54, 1.807) is 12.1 Å². The van der Waals surface area contributed by atoms with E-state index in [1.165, 1.54) is 22.2 Å². The maximum absolute atomic E-state index is 13.8. The highest BCUT2D eigenvalue weighted by Gasteiger charge is 2.37. The van der Waals surface area contributed by atoms with Gasteiger partial charge in [-0.05, 0) is 36.1 Å². The third-order valence-corrected chi connectivity index (χ3v) is 9.41. The van der Waals surface area contributed by atoms with Crippen LogP contribution in [0.3, 0.4) is 0 Å². The largest absolute Gasteiger partial charge is 0.274 e. The van der Waals surface area contributed by atoms with Gasteiger partial charge in [0.15, 0.2) is 0 Å². The van der Waals surface area contributed by atoms with Crippen LogP contribution in [0.1, 0.15) is 52.6 Å². The van der Waals surface area contributed by atoms with Gasteiger partial charge in [-0.1, -0.05) is 72.8 Å². The lowest BCUT2D eigenvalue weighted by molar-refractivity contribution is 0.0596. The molecule has 0 unspecified atom stereocenters. The van der Waals surface area contributed by atoms with Crippen LogP contribution in [0, 0.1) is 0 Å². The SMILES string of the molecule is O=C1c2ccc3c4ncc5c6c(cnc(c7ccc(c2c37)C(=O)N1CCc1ccccc1)c64)C(=O)N(CCc1ccccc1)C5=O. The topological polar surface area (TPSA) is 101 Å². The lowest BCUT2D eigenvalue weighted by Crippen LogP contribution is -2.41. The van der Waals surface area contributed by atoms with Gasteiger partial charge in [0.05, 0.1) is 22.2 Å². The Morgan fingerprint density at radius 2 is 0.848 bits per heavy atom. The molecule has 0 spiro atoms. The Balaban J connectivity index is 1.18. The number of aromatic nitrogens is 2. The quantitative estimate of drug-likeness (QED) is 0.128. The first-order valence-corrected chi connectivity index (χ1v) is 15.2. The van der Waals surface area contributed by atoms with Crippen LogP contribution >= 0.6 is 0 Å². The minimum atomic E-state index is -0.382. The minimum Gasteiger partial charge on any atom is -0.274 e. The second-order valence-electron chi connectivity index (χ2n) is 11.9. The summed E-state index contributed by atoms with van der Waals surface area (Å²) in [5.74, 6) is -1.43. The van der Waals surface area contributed by atoms with Gasteiger partial charge in [-0.2, -0.15) is 0 Å². The minimum absolute atomic E-state index is 0.240. The van der Waals surface area contributed by atoms with Crippen molar-refractivity contribution in [3.63, 3.8) is 0 Å². The number of imide groups is 2. The van der Waals surface area contributed by atoms with Gasteiger partial charge >= 0.3 is 0 Å². The molecule has 0 saturated heterocycles. The predicted octanol–water partition coefficient (Wildman–Crippen LogP) is 6.20. The van der Waals surface area contributed by atoms with Gasteiger partial charge in [0.2, 0.25) is 0 Å². The van der Waals surface area contributed by atoms with Crippen LogP contribution in [0.4, 0.5) is 0 Å². The molecular weight excluding hydrogens is 576 g/mol. The zero-order valence-corrected chi connectivity index (χ0v) is 24.5. The summed E-state index contributed by atoms with van der Waals surface area (Å²) >= 11 is 0. The molecule has 4 heterocycles. The van der Waals surface area contributed by atoms with E-state index in [1.807, 2.05) is 72.8 Å². The van der Waals surface area contributed by atoms with E-state index in [9.17, 15) is 19.2 Å². The third-order valence-electron chi connectivity index (χ3n) is 9.41. The van der Waals surface area contributed by atoms with Crippen LogP contribution in [-0.2, 0) is 12.8 Å². The van der Waals surface area contributed by atoms with Crippen molar-refractivity contribution in [3.8, 4) is 0 Å². The Hall–Kier alpha value is -6.02. The smallest absolute Gasteiger partial charge is 0.262 e. The Kier molecular flexibility index (Phi) is 5.59. The van der Waals surface area contributed by atoms with Crippen LogP contribution in [0.25, 0.3) is 43.4 Å². The molecule has 2 aliphatic rings. The number of amides is 4. The average Bonchev–Trinajstić information content (AvgIpc) is 3.09. The van der Waals surface area contributed by atoms with Crippen molar-refractivity contribution in [2.75, 3.05) is 13.1 Å². The maximum Gasteiger partial charge on any atom is 0.262 e. The highest BCUT2D eigenvalue weighted by Crippen LogP contribution is 2.44. The van der Waals surface area contributed by atoms with Crippen molar-refractivity contribution in [1.82, 2.24) is 19.8 Å². The molecule has 0 aliphatic carbocycles. The average molecular weight is 601 g/mol. The fourth-order valence-electron chi connectivity index (χ4n) is 7.20. The van der Waals surface area contributed by atoms with E-state index in [0.29, 0.717) is 62.3 Å². The third kappa shape index (κ3) is 3.61. The number of carbonyl (C=O) groups is 4. The van der Waals surface area contributed by atoms with E-state index >= 15 is 0 Å². The van der Waals surface area contributed by atoms with Crippen LogP contribution in [0.15, 0.2) is 97.3 Å². The van der Waals surface area contributed by atoms with Gasteiger partial charge in [-0.15, -0.1) is 0 Å². The number of carbonyl (C=O) groups excluding carboxylic acids is 4. The van der Waals surface area contributed by atoms with Crippen molar-refractivity contribution in [1.29, 1.82) is 0 Å². The van der Waals surface area contributed by atoms with E-state index in [4.69, 9.17) is 9.97 Å². The molecule has 5 aromatic carbocycles. The Morgan fingerprint density at radius 3 is 1.30 bits per heavy atom. The fraction of sp³-hybridized carbons (Fsp3) is 0.105. The monoisotopic (exact) mass is 600 g/mol. The number of hydrogen-bond donors (Lipinski definition) is 0. The number of rotatable bonds is 6. The molecular formula is C38H24N4O4. The molecule has 0 bridgehead atoms. The Morgan fingerprint density at radius 1 is 0.435 bits per heavy atom. The molecule has 8 nitrogen and oxygen atoms in total. The summed E-state index contributed by atoms with van der Waals surface area (Å²) in [5.41, 5.74) is 4.85. The van der Waals surface area contributed by atoms with Crippen LogP contribution in [-0.4, -0.2) is 56.5 Å². The van der Waals surface area contributed by atoms with E-state index < -0.39 is 0 Å². The molecule has 2 aromatic heterocycles. The molecule has 2 aliphatic heterocycles. The molecule has 8 heteroatoms. The molecule has 0 fully saturated rings. The highest BCUT2D eigenvalue weighted by molar-refractivity contribution is 6.39. The first-order chi connectivity index (χ1) is 22.5. The molecule has 46 heavy (non-hydrogen) atoms. The van der Waals surface area contributed by atoms with E-state index in [2.05, 4.69) is 0 Å². The predicted molar refractivity (Wildman–Crippen MR) is 174 cm³/mol. The van der Waals surface area contributed by atoms with Crippen molar-refractivity contribution >= 4 is 67.0 Å². The molecule has 7 aromatic rings. The first-order valence-electron chi connectivity index (χ1n) is 15.2. The molecule has 9 rings (SSSR count). The molecule has 0 N–H and O–H groups in total. The van der Waals surface area contributed by atoms with Crippen molar-refractivity contribution in [2.45, 2.75) is 12.8 Å². The molecule has 0 atom stereocenters. The van der Waals surface area contributed by atoms with Crippen LogP contribution in [0.5, 0.6) is 0 Å². The van der Waals surface area contributed by atoms with Crippen molar-refractivity contribution in [3.05, 3.63) is 131 Å². The molecule has 0 saturated carbocycles. The summed E-state index contributed by atoms with van der Waals surface area (Å²) in [4.78, 5) is 67.2. The maximum atomic E-state index is 13.8. The summed E-state index contributed by atoms with van der Waals surface area (Å²) in [6, 6.07) is 26.7. The second kappa shape index (κ2) is 9.74. The first kappa shape index (κ1) is 26.4. The zero-order valence-electron chi connectivity index (χ0n) is 24.5.